The highest BCUT2D eigenvalue weighted by Crippen LogP contribution is 2.20. The number of hydrogen-bond acceptors (Lipinski definition) is 3. The Morgan fingerprint density at radius 2 is 2.19 bits per heavy atom. The molecule has 2 N–H and O–H groups in total. The second-order valence-electron chi connectivity index (χ2n) is 4.63. The smallest absolute Gasteiger partial charge is 0.253 e. The summed E-state index contributed by atoms with van der Waals surface area (Å²) >= 11 is 5.61. The Morgan fingerprint density at radius 1 is 1.43 bits per heavy atom. The number of nitrogens with one attached hydrogen (secondary N) is 1. The van der Waals surface area contributed by atoms with Gasteiger partial charge in [0.2, 0.25) is 0 Å². The van der Waals surface area contributed by atoms with Gasteiger partial charge in [-0.05, 0) is 36.2 Å². The predicted molar refractivity (Wildman–Crippen MR) is 77.7 cm³/mol. The molecule has 2 aromatic rings. The van der Waals surface area contributed by atoms with E-state index in [1.807, 2.05) is 6.92 Å². The highest BCUT2D eigenvalue weighted by molar-refractivity contribution is 6.30. The van der Waals surface area contributed by atoms with Crippen molar-refractivity contribution in [1.29, 1.82) is 0 Å². The van der Waals surface area contributed by atoms with Gasteiger partial charge in [0.05, 0.1) is 23.2 Å². The lowest BCUT2D eigenvalue weighted by Gasteiger charge is -2.17. The Labute approximate surface area is 126 Å². The van der Waals surface area contributed by atoms with Crippen LogP contribution >= 0.6 is 11.6 Å². The summed E-state index contributed by atoms with van der Waals surface area (Å²) in [5, 5.41) is 12.0. The third-order valence-electron chi connectivity index (χ3n) is 2.97. The molecule has 0 aliphatic rings. The number of nitrogens with zero attached hydrogens (tertiary/aromatic N) is 1. The van der Waals surface area contributed by atoms with Crippen LogP contribution in [0.5, 0.6) is 0 Å². The molecule has 6 heteroatoms. The number of aryl methyl sites for hydroxylation is 1. The number of hydrogen-bond donors (Lipinski definition) is 2. The van der Waals surface area contributed by atoms with Gasteiger partial charge < -0.3 is 10.4 Å². The van der Waals surface area contributed by atoms with E-state index in [2.05, 4.69) is 10.3 Å². The van der Waals surface area contributed by atoms with Crippen molar-refractivity contribution in [3.8, 4) is 0 Å². The molecule has 1 aromatic heterocycles. The zero-order valence-electron chi connectivity index (χ0n) is 11.3. The van der Waals surface area contributed by atoms with Crippen molar-refractivity contribution in [2.75, 3.05) is 6.61 Å². The van der Waals surface area contributed by atoms with Crippen LogP contribution in [-0.4, -0.2) is 22.6 Å². The van der Waals surface area contributed by atoms with Gasteiger partial charge in [0, 0.05) is 12.4 Å². The van der Waals surface area contributed by atoms with Gasteiger partial charge in [-0.25, -0.2) is 4.39 Å². The first-order valence-electron chi connectivity index (χ1n) is 6.29. The molecule has 0 spiro atoms. The third kappa shape index (κ3) is 3.77. The third-order valence-corrected chi connectivity index (χ3v) is 3.28. The van der Waals surface area contributed by atoms with E-state index in [1.165, 1.54) is 18.3 Å². The number of halogens is 2. The maximum Gasteiger partial charge on any atom is 0.253 e. The molecule has 1 amide bonds. The molecule has 0 fully saturated rings. The molecule has 0 aliphatic heterocycles. The van der Waals surface area contributed by atoms with Gasteiger partial charge in [0.1, 0.15) is 5.82 Å². The van der Waals surface area contributed by atoms with Gasteiger partial charge in [-0.2, -0.15) is 0 Å². The Kier molecular flexibility index (Phi) is 4.88. The first-order chi connectivity index (χ1) is 10.0. The number of aromatic nitrogens is 1. The Hall–Kier alpha value is -1.98. The van der Waals surface area contributed by atoms with Crippen molar-refractivity contribution in [2.45, 2.75) is 13.0 Å². The second kappa shape index (κ2) is 6.65. The SMILES string of the molecule is Cc1cncc(C(=O)N[C@@H](CO)c2ccc(Cl)c(F)c2)c1. The van der Waals surface area contributed by atoms with Gasteiger partial charge in [-0.3, -0.25) is 9.78 Å². The molecular weight excluding hydrogens is 295 g/mol. The average Bonchev–Trinajstić information content (AvgIpc) is 2.47. The second-order valence-corrected chi connectivity index (χ2v) is 5.04. The Balaban J connectivity index is 2.18. The van der Waals surface area contributed by atoms with Gasteiger partial charge in [-0.15, -0.1) is 0 Å². The van der Waals surface area contributed by atoms with Crippen LogP contribution in [0.4, 0.5) is 4.39 Å². The number of pyridine rings is 1. The zero-order valence-corrected chi connectivity index (χ0v) is 12.1. The first-order valence-corrected chi connectivity index (χ1v) is 6.67. The molecule has 1 heterocycles. The maximum atomic E-state index is 13.5. The van der Waals surface area contributed by atoms with Crippen LogP contribution in [0.2, 0.25) is 5.02 Å². The standard InChI is InChI=1S/C15H14ClFN2O2/c1-9-4-11(7-18-6-9)15(21)19-14(8-20)10-2-3-12(16)13(17)5-10/h2-7,14,20H,8H2,1H3,(H,19,21)/t14-/m0/s1. The van der Waals surface area contributed by atoms with Crippen molar-refractivity contribution in [2.24, 2.45) is 0 Å². The minimum atomic E-state index is -0.718. The van der Waals surface area contributed by atoms with Crippen molar-refractivity contribution < 1.29 is 14.3 Å². The fourth-order valence-corrected chi connectivity index (χ4v) is 2.00. The van der Waals surface area contributed by atoms with E-state index in [4.69, 9.17) is 11.6 Å². The van der Waals surface area contributed by atoms with Crippen molar-refractivity contribution in [3.05, 3.63) is 64.2 Å². The topological polar surface area (TPSA) is 62.2 Å². The van der Waals surface area contributed by atoms with Crippen LogP contribution in [0.1, 0.15) is 27.5 Å². The van der Waals surface area contributed by atoms with Crippen LogP contribution in [-0.2, 0) is 0 Å². The molecule has 0 radical (unpaired) electrons. The minimum Gasteiger partial charge on any atom is -0.394 e. The lowest BCUT2D eigenvalue weighted by molar-refractivity contribution is 0.0915. The normalized spacial score (nSPS) is 12.0. The van der Waals surface area contributed by atoms with E-state index >= 15 is 0 Å². The van der Waals surface area contributed by atoms with Gasteiger partial charge in [0.25, 0.3) is 5.91 Å². The molecule has 0 bridgehead atoms. The molecule has 110 valence electrons. The highest BCUT2D eigenvalue weighted by atomic mass is 35.5. The van der Waals surface area contributed by atoms with Crippen LogP contribution in [0.3, 0.4) is 0 Å². The van der Waals surface area contributed by atoms with Crippen LogP contribution in [0.15, 0.2) is 36.7 Å². The molecule has 4 nitrogen and oxygen atoms in total. The molecule has 0 aliphatic carbocycles. The number of benzene rings is 1. The fourth-order valence-electron chi connectivity index (χ4n) is 1.88. The first kappa shape index (κ1) is 15.4. The Bertz CT molecular complexity index is 664. The summed E-state index contributed by atoms with van der Waals surface area (Å²) in [6.45, 7) is 1.47. The average molecular weight is 309 g/mol. The summed E-state index contributed by atoms with van der Waals surface area (Å²) in [4.78, 5) is 16.0. The number of aliphatic hydroxyl groups is 1. The summed E-state index contributed by atoms with van der Waals surface area (Å²) in [5.74, 6) is -0.986. The summed E-state index contributed by atoms with van der Waals surface area (Å²) in [7, 11) is 0. The number of carbonyl (C=O) groups excluding carboxylic acids is 1. The van der Waals surface area contributed by atoms with Gasteiger partial charge >= 0.3 is 0 Å². The molecule has 0 saturated heterocycles. The number of rotatable bonds is 4. The van der Waals surface area contributed by atoms with Crippen LogP contribution < -0.4 is 5.32 Å². The summed E-state index contributed by atoms with van der Waals surface area (Å²) in [5.41, 5.74) is 1.66. The van der Waals surface area contributed by atoms with E-state index < -0.39 is 11.9 Å². The van der Waals surface area contributed by atoms with E-state index in [0.717, 1.165) is 5.56 Å². The van der Waals surface area contributed by atoms with E-state index in [-0.39, 0.29) is 17.5 Å². The lowest BCUT2D eigenvalue weighted by atomic mass is 10.1. The van der Waals surface area contributed by atoms with Crippen molar-refractivity contribution >= 4 is 17.5 Å². The molecule has 21 heavy (non-hydrogen) atoms. The van der Waals surface area contributed by atoms with E-state index in [0.29, 0.717) is 11.1 Å². The highest BCUT2D eigenvalue weighted by Gasteiger charge is 2.16. The predicted octanol–water partition coefficient (Wildman–Crippen LogP) is 2.65. The van der Waals surface area contributed by atoms with Crippen LogP contribution in [0, 0.1) is 12.7 Å². The Morgan fingerprint density at radius 3 is 2.81 bits per heavy atom. The number of amides is 1. The monoisotopic (exact) mass is 308 g/mol. The zero-order chi connectivity index (χ0) is 15.4. The van der Waals surface area contributed by atoms with E-state index in [1.54, 1.807) is 18.3 Å². The summed E-state index contributed by atoms with van der Waals surface area (Å²) in [6, 6.07) is 5.10. The van der Waals surface area contributed by atoms with E-state index in [9.17, 15) is 14.3 Å². The molecule has 1 atom stereocenters. The number of aliphatic hydroxyl groups excluding tert-OH is 1. The molecule has 1 aromatic carbocycles. The minimum absolute atomic E-state index is 0.00958. The number of carbonyl (C=O) groups is 1. The molecular formula is C15H14ClFN2O2. The fraction of sp³-hybridized carbons (Fsp3) is 0.200. The quantitative estimate of drug-likeness (QED) is 0.913. The van der Waals surface area contributed by atoms with Crippen molar-refractivity contribution in [3.63, 3.8) is 0 Å². The molecule has 2 rings (SSSR count). The molecule has 0 unspecified atom stereocenters. The summed E-state index contributed by atoms with van der Waals surface area (Å²) in [6.07, 6.45) is 3.06. The van der Waals surface area contributed by atoms with Gasteiger partial charge in [0.15, 0.2) is 0 Å². The molecule has 0 saturated carbocycles. The van der Waals surface area contributed by atoms with Crippen molar-refractivity contribution in [1.82, 2.24) is 10.3 Å². The van der Waals surface area contributed by atoms with Crippen LogP contribution in [0.25, 0.3) is 0 Å². The maximum absolute atomic E-state index is 13.5. The van der Waals surface area contributed by atoms with Gasteiger partial charge in [-0.1, -0.05) is 17.7 Å². The largest absolute Gasteiger partial charge is 0.394 e. The summed E-state index contributed by atoms with van der Waals surface area (Å²) < 4.78 is 13.5. The lowest BCUT2D eigenvalue weighted by Crippen LogP contribution is -2.31.